The lowest BCUT2D eigenvalue weighted by Crippen LogP contribution is -1.84. The third-order valence-electron chi connectivity index (χ3n) is 2.31. The molecule has 0 aliphatic heterocycles. The summed E-state index contributed by atoms with van der Waals surface area (Å²) >= 11 is 0. The van der Waals surface area contributed by atoms with Crippen LogP contribution in [0.1, 0.15) is 85.5 Å². The van der Waals surface area contributed by atoms with E-state index in [9.17, 15) is 4.79 Å². The molecule has 0 atom stereocenters. The molecule has 0 saturated heterocycles. The number of hydrogen-bond donors (Lipinski definition) is 0. The van der Waals surface area contributed by atoms with Crippen molar-refractivity contribution in [2.75, 3.05) is 0 Å². The summed E-state index contributed by atoms with van der Waals surface area (Å²) in [6, 6.07) is 0. The fourth-order valence-electron chi connectivity index (χ4n) is 1.38. The number of unbranched alkanes of at least 4 members (excludes halogenated alkanes) is 6. The van der Waals surface area contributed by atoms with Crippen LogP contribution in [0.2, 0.25) is 0 Å². The van der Waals surface area contributed by atoms with E-state index < -0.39 is 0 Å². The maximum atomic E-state index is 10.0. The minimum Gasteiger partial charge on any atom is -0.300 e. The summed E-state index contributed by atoms with van der Waals surface area (Å²) in [4.78, 5) is 10.0. The zero-order valence-corrected chi connectivity index (χ0v) is 11.3. The van der Waals surface area contributed by atoms with Gasteiger partial charge in [0.25, 0.3) is 0 Å². The van der Waals surface area contributed by atoms with E-state index in [2.05, 4.69) is 13.8 Å². The topological polar surface area (TPSA) is 17.1 Å². The molecule has 0 aromatic heterocycles. The summed E-state index contributed by atoms with van der Waals surface area (Å²) in [5.41, 5.74) is 0. The second-order valence-corrected chi connectivity index (χ2v) is 4.22. The molecule has 1 heteroatoms. The molecule has 0 saturated carbocycles. The minimum atomic E-state index is 0.289. The van der Waals surface area contributed by atoms with Gasteiger partial charge >= 0.3 is 0 Å². The third-order valence-corrected chi connectivity index (χ3v) is 2.31. The van der Waals surface area contributed by atoms with Crippen molar-refractivity contribution < 1.29 is 4.79 Å². The molecule has 0 aromatic rings. The van der Waals surface area contributed by atoms with E-state index in [4.69, 9.17) is 0 Å². The molecule has 0 fully saturated rings. The van der Waals surface area contributed by atoms with Crippen LogP contribution in [0.25, 0.3) is 0 Å². The Morgan fingerprint density at radius 1 is 0.733 bits per heavy atom. The van der Waals surface area contributed by atoms with Gasteiger partial charge in [0.05, 0.1) is 0 Å². The number of Topliss-reactive ketones (excluding diaryl/α,β-unsaturated/α-hetero) is 1. The fourth-order valence-corrected chi connectivity index (χ4v) is 1.38. The van der Waals surface area contributed by atoms with Gasteiger partial charge in [-0.05, 0) is 13.3 Å². The van der Waals surface area contributed by atoms with Crippen LogP contribution in [-0.4, -0.2) is 5.78 Å². The van der Waals surface area contributed by atoms with E-state index in [1.807, 2.05) is 6.92 Å². The Morgan fingerprint density at radius 3 is 1.33 bits per heavy atom. The minimum absolute atomic E-state index is 0.289. The van der Waals surface area contributed by atoms with Gasteiger partial charge in [-0.25, -0.2) is 0 Å². The molecule has 0 spiro atoms. The van der Waals surface area contributed by atoms with Crippen molar-refractivity contribution >= 4 is 5.78 Å². The number of rotatable bonds is 8. The summed E-state index contributed by atoms with van der Waals surface area (Å²) in [5, 5.41) is 0. The second-order valence-electron chi connectivity index (χ2n) is 4.22. The van der Waals surface area contributed by atoms with E-state index >= 15 is 0 Å². The molecule has 0 radical (unpaired) electrons. The molecule has 0 rings (SSSR count). The molecule has 0 N–H and O–H groups in total. The van der Waals surface area contributed by atoms with Crippen molar-refractivity contribution in [2.24, 2.45) is 0 Å². The monoisotopic (exact) mass is 214 g/mol. The second kappa shape index (κ2) is 16.1. The molecule has 15 heavy (non-hydrogen) atoms. The smallest absolute Gasteiger partial charge is 0.129 e. The molecule has 0 bridgehead atoms. The van der Waals surface area contributed by atoms with Crippen molar-refractivity contribution in [2.45, 2.75) is 85.5 Å². The van der Waals surface area contributed by atoms with Gasteiger partial charge in [-0.1, -0.05) is 65.7 Å². The van der Waals surface area contributed by atoms with Crippen LogP contribution in [-0.2, 0) is 4.79 Å². The van der Waals surface area contributed by atoms with Crippen molar-refractivity contribution in [3.05, 3.63) is 0 Å². The fraction of sp³-hybridized carbons (Fsp3) is 0.929. The predicted octanol–water partition coefficient (Wildman–Crippen LogP) is 5.13. The Kier molecular flexibility index (Phi) is 18.3. The van der Waals surface area contributed by atoms with E-state index in [0.717, 1.165) is 12.8 Å². The lowest BCUT2D eigenvalue weighted by atomic mass is 10.1. The Hall–Kier alpha value is -0.330. The first-order valence-corrected chi connectivity index (χ1v) is 6.68. The zero-order chi connectivity index (χ0) is 11.9. The lowest BCUT2D eigenvalue weighted by Gasteiger charge is -1.96. The highest BCUT2D eigenvalue weighted by Crippen LogP contribution is 2.05. The summed E-state index contributed by atoms with van der Waals surface area (Å²) < 4.78 is 0. The Labute approximate surface area is 96.7 Å². The molecule has 1 nitrogen and oxygen atoms in total. The van der Waals surface area contributed by atoms with Crippen LogP contribution in [0.3, 0.4) is 0 Å². The largest absolute Gasteiger partial charge is 0.300 e. The molecular formula is C14H30O. The highest BCUT2D eigenvalue weighted by molar-refractivity contribution is 5.75. The zero-order valence-electron chi connectivity index (χ0n) is 11.3. The molecule has 92 valence electrons. The Morgan fingerprint density at radius 2 is 1.13 bits per heavy atom. The highest BCUT2D eigenvalue weighted by atomic mass is 16.1. The number of carbonyl (C=O) groups excluding carboxylic acids is 1. The lowest BCUT2D eigenvalue weighted by molar-refractivity contribution is -0.117. The van der Waals surface area contributed by atoms with Crippen LogP contribution in [0, 0.1) is 0 Å². The first-order valence-electron chi connectivity index (χ1n) is 6.68. The van der Waals surface area contributed by atoms with E-state index in [1.54, 1.807) is 6.92 Å². The SMILES string of the molecule is CCCC(C)=O.CCCCCCCCC. The van der Waals surface area contributed by atoms with Crippen molar-refractivity contribution in [1.82, 2.24) is 0 Å². The van der Waals surface area contributed by atoms with Crippen LogP contribution in [0.4, 0.5) is 0 Å². The van der Waals surface area contributed by atoms with Crippen molar-refractivity contribution in [1.29, 1.82) is 0 Å². The number of hydrogen-bond acceptors (Lipinski definition) is 1. The van der Waals surface area contributed by atoms with Gasteiger partial charge in [0.15, 0.2) is 0 Å². The van der Waals surface area contributed by atoms with Gasteiger partial charge in [-0.3, -0.25) is 0 Å². The molecule has 0 amide bonds. The van der Waals surface area contributed by atoms with Gasteiger partial charge in [-0.15, -0.1) is 0 Å². The number of ketones is 1. The third kappa shape index (κ3) is 24.8. The molecule has 0 unspecified atom stereocenters. The van der Waals surface area contributed by atoms with E-state index in [1.165, 1.54) is 44.9 Å². The van der Waals surface area contributed by atoms with Crippen LogP contribution >= 0.6 is 0 Å². The molecule has 0 aromatic carbocycles. The van der Waals surface area contributed by atoms with Gasteiger partial charge < -0.3 is 4.79 Å². The molecule has 0 aliphatic rings. The average molecular weight is 214 g/mol. The first kappa shape index (κ1) is 17.1. The van der Waals surface area contributed by atoms with Gasteiger partial charge in [0, 0.05) is 6.42 Å². The maximum Gasteiger partial charge on any atom is 0.129 e. The van der Waals surface area contributed by atoms with Crippen LogP contribution in [0.15, 0.2) is 0 Å². The molecule has 0 aliphatic carbocycles. The first-order chi connectivity index (χ1) is 7.18. The summed E-state index contributed by atoms with van der Waals surface area (Å²) in [5.74, 6) is 0.289. The van der Waals surface area contributed by atoms with E-state index in [0.29, 0.717) is 0 Å². The van der Waals surface area contributed by atoms with Crippen molar-refractivity contribution in [3.8, 4) is 0 Å². The van der Waals surface area contributed by atoms with Crippen LogP contribution < -0.4 is 0 Å². The normalized spacial score (nSPS) is 9.33. The quantitative estimate of drug-likeness (QED) is 0.512. The number of carbonyl (C=O) groups is 1. The summed E-state index contributed by atoms with van der Waals surface area (Å²) in [7, 11) is 0. The van der Waals surface area contributed by atoms with Gasteiger partial charge in [0.2, 0.25) is 0 Å². The maximum absolute atomic E-state index is 10.0. The van der Waals surface area contributed by atoms with E-state index in [-0.39, 0.29) is 5.78 Å². The molecule has 0 heterocycles. The average Bonchev–Trinajstić information content (AvgIpc) is 2.18. The Bertz CT molecular complexity index is 113. The molecular weight excluding hydrogens is 184 g/mol. The summed E-state index contributed by atoms with van der Waals surface area (Å²) in [6.07, 6.45) is 11.7. The predicted molar refractivity (Wildman–Crippen MR) is 69.3 cm³/mol. The van der Waals surface area contributed by atoms with Gasteiger partial charge in [-0.2, -0.15) is 0 Å². The summed E-state index contributed by atoms with van der Waals surface area (Å²) in [6.45, 7) is 8.14. The van der Waals surface area contributed by atoms with Gasteiger partial charge in [0.1, 0.15) is 5.78 Å². The van der Waals surface area contributed by atoms with Crippen LogP contribution in [0.5, 0.6) is 0 Å². The Balaban J connectivity index is 0. The standard InChI is InChI=1S/C9H20.C5H10O/c1-3-5-7-9-8-6-4-2;1-3-4-5(2)6/h3-9H2,1-2H3;3-4H2,1-2H3. The highest BCUT2D eigenvalue weighted by Gasteiger charge is 1.85. The van der Waals surface area contributed by atoms with Crippen molar-refractivity contribution in [3.63, 3.8) is 0 Å².